The summed E-state index contributed by atoms with van der Waals surface area (Å²) < 4.78 is 37.1. The lowest BCUT2D eigenvalue weighted by atomic mass is 10.1. The molecule has 0 bridgehead atoms. The van der Waals surface area contributed by atoms with Gasteiger partial charge in [0.05, 0.1) is 13.7 Å². The number of halogens is 1. The molecule has 9 nitrogen and oxygen atoms in total. The highest BCUT2D eigenvalue weighted by molar-refractivity contribution is 5.94. The molecule has 0 N–H and O–H groups in total. The van der Waals surface area contributed by atoms with Gasteiger partial charge in [0.2, 0.25) is 5.76 Å². The van der Waals surface area contributed by atoms with E-state index >= 15 is 0 Å². The van der Waals surface area contributed by atoms with Crippen molar-refractivity contribution in [2.75, 3.05) is 40.0 Å². The molecular weight excluding hydrogens is 459 g/mol. The van der Waals surface area contributed by atoms with E-state index in [4.69, 9.17) is 18.9 Å². The summed E-state index contributed by atoms with van der Waals surface area (Å²) in [6, 6.07) is 7.57. The molecule has 1 aromatic heterocycles. The standard InChI is InChI=1S/C25H27FN2O7/c1-16-23(35-14-13-33-16)24(30)27-9-7-19-22(25(31)32-2)20(15-21(29)28(19)11-10-27)34-12-8-17-5-3-4-6-18(17)26/h3-6,15H,7-14H2,1-2H3. The van der Waals surface area contributed by atoms with Gasteiger partial charge in [-0.1, -0.05) is 18.2 Å². The van der Waals surface area contributed by atoms with Crippen LogP contribution in [0.5, 0.6) is 5.75 Å². The monoisotopic (exact) mass is 486 g/mol. The lowest BCUT2D eigenvalue weighted by Crippen LogP contribution is -2.37. The molecule has 2 aliphatic heterocycles. The maximum Gasteiger partial charge on any atom is 0.343 e. The van der Waals surface area contributed by atoms with Crippen LogP contribution in [0.2, 0.25) is 0 Å². The molecule has 0 atom stereocenters. The molecule has 0 radical (unpaired) electrons. The fraction of sp³-hybridized carbons (Fsp3) is 0.400. The molecule has 186 valence electrons. The van der Waals surface area contributed by atoms with E-state index < -0.39 is 5.97 Å². The van der Waals surface area contributed by atoms with Crippen molar-refractivity contribution in [3.05, 3.63) is 74.8 Å². The van der Waals surface area contributed by atoms with E-state index in [9.17, 15) is 18.8 Å². The summed E-state index contributed by atoms with van der Waals surface area (Å²) in [5.74, 6) is -0.692. The van der Waals surface area contributed by atoms with E-state index in [0.717, 1.165) is 0 Å². The van der Waals surface area contributed by atoms with Crippen LogP contribution in [0.1, 0.15) is 28.5 Å². The normalized spacial score (nSPS) is 15.5. The third-order valence-electron chi connectivity index (χ3n) is 6.02. The van der Waals surface area contributed by atoms with Crippen molar-refractivity contribution in [1.29, 1.82) is 0 Å². The number of carbonyl (C=O) groups excluding carboxylic acids is 2. The van der Waals surface area contributed by atoms with E-state index in [-0.39, 0.29) is 80.0 Å². The fourth-order valence-corrected chi connectivity index (χ4v) is 4.22. The van der Waals surface area contributed by atoms with Crippen molar-refractivity contribution in [3.63, 3.8) is 0 Å². The Morgan fingerprint density at radius 1 is 1.11 bits per heavy atom. The summed E-state index contributed by atoms with van der Waals surface area (Å²) in [5, 5.41) is 0. The van der Waals surface area contributed by atoms with Crippen molar-refractivity contribution in [2.24, 2.45) is 0 Å². The topological polar surface area (TPSA) is 96.3 Å². The number of amides is 1. The van der Waals surface area contributed by atoms with Gasteiger partial charge >= 0.3 is 5.97 Å². The second kappa shape index (κ2) is 10.6. The molecule has 0 spiro atoms. The number of carbonyl (C=O) groups is 2. The average molecular weight is 486 g/mol. The third-order valence-corrected chi connectivity index (χ3v) is 6.02. The molecular formula is C25H27FN2O7. The highest BCUT2D eigenvalue weighted by atomic mass is 19.1. The highest BCUT2D eigenvalue weighted by Crippen LogP contribution is 2.25. The first-order valence-electron chi connectivity index (χ1n) is 11.4. The maximum atomic E-state index is 13.9. The van der Waals surface area contributed by atoms with Crippen molar-refractivity contribution >= 4 is 11.9 Å². The van der Waals surface area contributed by atoms with Gasteiger partial charge in [0.15, 0.2) is 0 Å². The second-order valence-electron chi connectivity index (χ2n) is 8.13. The SMILES string of the molecule is COC(=O)c1c(OCCc2ccccc2F)cc(=O)n2c1CCN(C(=O)C1=C(C)OCCO1)CC2. The molecule has 10 heteroatoms. The van der Waals surface area contributed by atoms with Crippen LogP contribution < -0.4 is 10.3 Å². The van der Waals surface area contributed by atoms with E-state index in [1.165, 1.54) is 23.8 Å². The van der Waals surface area contributed by atoms with E-state index in [0.29, 0.717) is 23.6 Å². The molecule has 0 saturated carbocycles. The number of benzene rings is 1. The minimum atomic E-state index is -0.656. The quantitative estimate of drug-likeness (QED) is 0.577. The Balaban J connectivity index is 1.58. The van der Waals surface area contributed by atoms with Gasteiger partial charge in [-0.05, 0) is 18.6 Å². The molecule has 2 aromatic rings. The molecule has 35 heavy (non-hydrogen) atoms. The zero-order chi connectivity index (χ0) is 24.9. The van der Waals surface area contributed by atoms with Gasteiger partial charge in [0.1, 0.15) is 36.1 Å². The number of fused-ring (bicyclic) bond motifs is 1. The van der Waals surface area contributed by atoms with Crippen molar-refractivity contribution < 1.29 is 32.9 Å². The summed E-state index contributed by atoms with van der Waals surface area (Å²) in [4.78, 5) is 40.2. The number of esters is 1. The minimum absolute atomic E-state index is 0.0587. The molecule has 0 aliphatic carbocycles. The minimum Gasteiger partial charge on any atom is -0.492 e. The molecule has 2 aliphatic rings. The summed E-state index contributed by atoms with van der Waals surface area (Å²) >= 11 is 0. The largest absolute Gasteiger partial charge is 0.492 e. The Labute approximate surface area is 201 Å². The van der Waals surface area contributed by atoms with Gasteiger partial charge in [-0.15, -0.1) is 0 Å². The fourth-order valence-electron chi connectivity index (χ4n) is 4.22. The highest BCUT2D eigenvalue weighted by Gasteiger charge is 2.30. The van der Waals surface area contributed by atoms with E-state index in [1.807, 2.05) is 0 Å². The molecule has 4 rings (SSSR count). The van der Waals surface area contributed by atoms with Crippen LogP contribution in [0.15, 0.2) is 46.6 Å². The zero-order valence-electron chi connectivity index (χ0n) is 19.7. The van der Waals surface area contributed by atoms with Crippen LogP contribution in [-0.2, 0) is 38.4 Å². The zero-order valence-corrected chi connectivity index (χ0v) is 19.7. The average Bonchev–Trinajstić information content (AvgIpc) is 3.08. The van der Waals surface area contributed by atoms with Crippen molar-refractivity contribution in [2.45, 2.75) is 26.3 Å². The van der Waals surface area contributed by atoms with E-state index in [1.54, 1.807) is 30.0 Å². The number of ether oxygens (including phenoxy) is 4. The van der Waals surface area contributed by atoms with Gasteiger partial charge in [-0.2, -0.15) is 0 Å². The number of allylic oxidation sites excluding steroid dienone is 1. The first-order chi connectivity index (χ1) is 16.9. The van der Waals surface area contributed by atoms with Crippen LogP contribution in [0.25, 0.3) is 0 Å². The number of hydrogen-bond donors (Lipinski definition) is 0. The molecule has 3 heterocycles. The summed E-state index contributed by atoms with van der Waals surface area (Å²) in [5.41, 5.74) is 0.649. The number of aromatic nitrogens is 1. The van der Waals surface area contributed by atoms with Crippen LogP contribution in [-0.4, -0.2) is 61.4 Å². The van der Waals surface area contributed by atoms with Crippen LogP contribution in [0.4, 0.5) is 4.39 Å². The van der Waals surface area contributed by atoms with Gasteiger partial charge in [0.25, 0.3) is 11.5 Å². The number of hydrogen-bond acceptors (Lipinski definition) is 7. The molecule has 0 fully saturated rings. The maximum absolute atomic E-state index is 13.9. The van der Waals surface area contributed by atoms with Crippen LogP contribution in [0, 0.1) is 5.82 Å². The summed E-state index contributed by atoms with van der Waals surface area (Å²) in [6.45, 7) is 3.08. The molecule has 0 unspecified atom stereocenters. The second-order valence-corrected chi connectivity index (χ2v) is 8.13. The lowest BCUT2D eigenvalue weighted by Gasteiger charge is -2.25. The summed E-state index contributed by atoms with van der Waals surface area (Å²) in [7, 11) is 1.25. The Morgan fingerprint density at radius 3 is 2.63 bits per heavy atom. The predicted octanol–water partition coefficient (Wildman–Crippen LogP) is 2.06. The predicted molar refractivity (Wildman–Crippen MR) is 123 cm³/mol. The van der Waals surface area contributed by atoms with Gasteiger partial charge in [-0.25, -0.2) is 9.18 Å². The Morgan fingerprint density at radius 2 is 1.89 bits per heavy atom. The van der Waals surface area contributed by atoms with Crippen LogP contribution in [0.3, 0.4) is 0 Å². The Hall–Kier alpha value is -3.82. The number of pyridine rings is 1. The van der Waals surface area contributed by atoms with Crippen molar-refractivity contribution in [3.8, 4) is 5.75 Å². The van der Waals surface area contributed by atoms with Crippen LogP contribution >= 0.6 is 0 Å². The third kappa shape index (κ3) is 5.16. The Bertz CT molecular complexity index is 1220. The Kier molecular flexibility index (Phi) is 7.38. The number of methoxy groups -OCH3 is 1. The molecule has 0 saturated heterocycles. The first-order valence-corrected chi connectivity index (χ1v) is 11.4. The van der Waals surface area contributed by atoms with Gasteiger partial charge in [0, 0.05) is 44.2 Å². The number of rotatable bonds is 6. The lowest BCUT2D eigenvalue weighted by molar-refractivity contribution is -0.132. The number of nitrogens with zero attached hydrogens (tertiary/aromatic N) is 2. The summed E-state index contributed by atoms with van der Waals surface area (Å²) in [6.07, 6.45) is 0.480. The van der Waals surface area contributed by atoms with Crippen molar-refractivity contribution in [1.82, 2.24) is 9.47 Å². The molecule has 1 amide bonds. The van der Waals surface area contributed by atoms with Gasteiger partial charge < -0.3 is 28.4 Å². The van der Waals surface area contributed by atoms with E-state index in [2.05, 4.69) is 0 Å². The smallest absolute Gasteiger partial charge is 0.343 e. The molecule has 1 aromatic carbocycles. The van der Waals surface area contributed by atoms with Gasteiger partial charge in [-0.3, -0.25) is 9.59 Å². The first kappa shape index (κ1) is 24.3.